The number of aromatic nitrogens is 1. The molecule has 2 aromatic heterocycles. The molecule has 6 nitrogen and oxygen atoms in total. The van der Waals surface area contributed by atoms with Gasteiger partial charge in [-0.1, -0.05) is 48.8 Å². The van der Waals surface area contributed by atoms with Crippen molar-refractivity contribution in [3.05, 3.63) is 84.5 Å². The molecule has 9 heteroatoms. The molecule has 168 valence electrons. The summed E-state index contributed by atoms with van der Waals surface area (Å²) in [6, 6.07) is 11.8. The molecule has 1 aliphatic rings. The molecule has 0 bridgehead atoms. The number of hydrogen-bond donors (Lipinski definition) is 1. The van der Waals surface area contributed by atoms with Crippen LogP contribution in [0.1, 0.15) is 25.1 Å². The lowest BCUT2D eigenvalue weighted by molar-refractivity contribution is 0.414. The highest BCUT2D eigenvalue weighted by molar-refractivity contribution is 7.99. The summed E-state index contributed by atoms with van der Waals surface area (Å²) in [6.07, 6.45) is 0. The van der Waals surface area contributed by atoms with Crippen molar-refractivity contribution in [3.63, 3.8) is 0 Å². The lowest BCUT2D eigenvalue weighted by Crippen LogP contribution is -2.24. The smallest absolute Gasteiger partial charge is 0.354 e. The molecule has 0 saturated heterocycles. The van der Waals surface area contributed by atoms with Crippen molar-refractivity contribution in [2.75, 3.05) is 7.11 Å². The monoisotopic (exact) mass is 501 g/mol. The molecule has 33 heavy (non-hydrogen) atoms. The minimum absolute atomic E-state index is 0.0101. The van der Waals surface area contributed by atoms with Crippen LogP contribution in [0.2, 0.25) is 10.0 Å². The summed E-state index contributed by atoms with van der Waals surface area (Å²) < 4.78 is 12.1. The van der Waals surface area contributed by atoms with E-state index in [1.165, 1.54) is 4.57 Å². The van der Waals surface area contributed by atoms with Gasteiger partial charge in [-0.2, -0.15) is 0 Å². The molecule has 0 fully saturated rings. The van der Waals surface area contributed by atoms with Crippen molar-refractivity contribution in [3.8, 4) is 17.2 Å². The van der Waals surface area contributed by atoms with Crippen LogP contribution >= 0.6 is 35.0 Å². The van der Waals surface area contributed by atoms with Crippen LogP contribution in [0.5, 0.6) is 11.5 Å². The van der Waals surface area contributed by atoms with Gasteiger partial charge in [-0.05, 0) is 36.4 Å². The quantitative estimate of drug-likeness (QED) is 0.384. The average Bonchev–Trinajstić information content (AvgIpc) is 2.98. The predicted octanol–water partition coefficient (Wildman–Crippen LogP) is 5.76. The topological polar surface area (TPSA) is 81.7 Å². The van der Waals surface area contributed by atoms with Gasteiger partial charge in [0.15, 0.2) is 5.75 Å². The van der Waals surface area contributed by atoms with E-state index in [2.05, 4.69) is 0 Å². The van der Waals surface area contributed by atoms with Crippen molar-refractivity contribution in [1.29, 1.82) is 0 Å². The van der Waals surface area contributed by atoms with Gasteiger partial charge in [0, 0.05) is 37.7 Å². The molecule has 2 aromatic carbocycles. The minimum atomic E-state index is -0.737. The van der Waals surface area contributed by atoms with Gasteiger partial charge in [0.05, 0.1) is 12.8 Å². The number of benzene rings is 2. The first-order valence-electron chi connectivity index (χ1n) is 9.91. The van der Waals surface area contributed by atoms with Crippen LogP contribution in [0.25, 0.3) is 16.7 Å². The summed E-state index contributed by atoms with van der Waals surface area (Å²) in [4.78, 5) is 27.0. The van der Waals surface area contributed by atoms with Gasteiger partial charge >= 0.3 is 5.63 Å². The molecule has 4 aromatic rings. The fourth-order valence-corrected chi connectivity index (χ4v) is 5.83. The van der Waals surface area contributed by atoms with E-state index in [1.54, 1.807) is 49.6 Å². The zero-order valence-electron chi connectivity index (χ0n) is 17.7. The summed E-state index contributed by atoms with van der Waals surface area (Å²) in [6.45, 7) is 3.84. The van der Waals surface area contributed by atoms with E-state index >= 15 is 0 Å². The number of aromatic hydroxyl groups is 1. The van der Waals surface area contributed by atoms with Crippen molar-refractivity contribution in [1.82, 2.24) is 4.57 Å². The molecule has 3 heterocycles. The molecular weight excluding hydrogens is 485 g/mol. The van der Waals surface area contributed by atoms with Crippen LogP contribution in [0.4, 0.5) is 0 Å². The first-order valence-corrected chi connectivity index (χ1v) is 11.5. The molecule has 0 amide bonds. The fraction of sp³-hybridized carbons (Fsp3) is 0.167. The van der Waals surface area contributed by atoms with E-state index in [1.807, 2.05) is 13.8 Å². The van der Waals surface area contributed by atoms with E-state index in [-0.39, 0.29) is 15.9 Å². The fourth-order valence-electron chi connectivity index (χ4n) is 4.28. The highest BCUT2D eigenvalue weighted by Crippen LogP contribution is 2.47. The molecule has 0 spiro atoms. The Kier molecular flexibility index (Phi) is 5.04. The van der Waals surface area contributed by atoms with E-state index in [4.69, 9.17) is 32.4 Å². The van der Waals surface area contributed by atoms with Gasteiger partial charge in [0.2, 0.25) is 0 Å². The van der Waals surface area contributed by atoms with Gasteiger partial charge in [-0.15, -0.1) is 0 Å². The Morgan fingerprint density at radius 1 is 1.09 bits per heavy atom. The third-order valence-electron chi connectivity index (χ3n) is 5.83. The van der Waals surface area contributed by atoms with Crippen LogP contribution in [0.3, 0.4) is 0 Å². The molecule has 1 aliphatic heterocycles. The molecule has 0 unspecified atom stereocenters. The summed E-state index contributed by atoms with van der Waals surface area (Å²) in [7, 11) is 1.55. The van der Waals surface area contributed by atoms with Crippen LogP contribution in [0.15, 0.2) is 66.3 Å². The molecule has 0 atom stereocenters. The van der Waals surface area contributed by atoms with E-state index < -0.39 is 22.3 Å². The summed E-state index contributed by atoms with van der Waals surface area (Å²) in [5.41, 5.74) is -0.0574. The van der Waals surface area contributed by atoms with E-state index in [0.717, 1.165) is 17.3 Å². The van der Waals surface area contributed by atoms with Gasteiger partial charge < -0.3 is 14.3 Å². The number of methoxy groups -OCH3 is 1. The van der Waals surface area contributed by atoms with Crippen molar-refractivity contribution in [2.45, 2.75) is 29.1 Å². The van der Waals surface area contributed by atoms with Gasteiger partial charge in [-0.25, -0.2) is 4.79 Å². The van der Waals surface area contributed by atoms with Crippen molar-refractivity contribution < 1.29 is 14.3 Å². The molecule has 1 N–H and O–H groups in total. The molecule has 0 radical (unpaired) electrons. The van der Waals surface area contributed by atoms with Crippen LogP contribution < -0.4 is 15.9 Å². The minimum Gasteiger partial charge on any atom is -0.505 e. The largest absolute Gasteiger partial charge is 0.505 e. The van der Waals surface area contributed by atoms with Gasteiger partial charge in [-0.3, -0.25) is 9.36 Å². The Balaban J connectivity index is 1.77. The Hall–Kier alpha value is -2.87. The van der Waals surface area contributed by atoms with Crippen molar-refractivity contribution >= 4 is 45.9 Å². The number of fused-ring (bicyclic) bond motifs is 4. The lowest BCUT2D eigenvalue weighted by Gasteiger charge is -2.21. The Bertz CT molecular complexity index is 1570. The number of pyridine rings is 1. The van der Waals surface area contributed by atoms with Gasteiger partial charge in [0.1, 0.15) is 21.6 Å². The Morgan fingerprint density at radius 3 is 2.45 bits per heavy atom. The maximum atomic E-state index is 13.6. The zero-order chi connectivity index (χ0) is 23.7. The third-order valence-corrected chi connectivity index (χ3v) is 7.42. The first kappa shape index (κ1) is 21.9. The summed E-state index contributed by atoms with van der Waals surface area (Å²) in [5.74, 6) is 0.225. The van der Waals surface area contributed by atoms with Crippen LogP contribution in [0, 0.1) is 0 Å². The van der Waals surface area contributed by atoms with Crippen molar-refractivity contribution in [2.24, 2.45) is 0 Å². The Morgan fingerprint density at radius 2 is 1.79 bits per heavy atom. The zero-order valence-corrected chi connectivity index (χ0v) is 20.1. The predicted molar refractivity (Wildman–Crippen MR) is 129 cm³/mol. The molecule has 0 aliphatic carbocycles. The molecule has 0 saturated carbocycles. The number of ether oxygens (including phenoxy) is 1. The number of rotatable bonds is 3. The lowest BCUT2D eigenvalue weighted by atomic mass is 9.83. The maximum absolute atomic E-state index is 13.6. The molecule has 5 rings (SSSR count). The average molecular weight is 502 g/mol. The SMILES string of the molecule is COc1ccc(Sc2c(O)c3c(=O)n4c(cc3oc2=O)C(C)(C)c2c(Cl)cc(Cl)cc2-4)cc1. The van der Waals surface area contributed by atoms with E-state index in [0.29, 0.717) is 32.1 Å². The second-order valence-corrected chi connectivity index (χ2v) is 10.1. The number of nitrogens with zero attached hydrogens (tertiary/aromatic N) is 1. The summed E-state index contributed by atoms with van der Waals surface area (Å²) in [5, 5.41) is 11.7. The normalized spacial score (nSPS) is 13.7. The summed E-state index contributed by atoms with van der Waals surface area (Å²) >= 11 is 13.7. The van der Waals surface area contributed by atoms with Gasteiger partial charge in [0.25, 0.3) is 5.56 Å². The maximum Gasteiger partial charge on any atom is 0.354 e. The highest BCUT2D eigenvalue weighted by Gasteiger charge is 2.40. The standard InChI is InChI=1S/C24H17Cl2NO5S/c1-24(2)17-10-16-18(22(29)27(17)15-9-11(25)8-14(26)19(15)24)20(28)21(23(30)32-16)33-13-6-4-12(31-3)5-7-13/h4-10,28H,1-3H3. The Labute approximate surface area is 202 Å². The van der Waals surface area contributed by atoms with E-state index in [9.17, 15) is 14.7 Å². The second-order valence-electron chi connectivity index (χ2n) is 8.16. The number of halogens is 2. The van der Waals surface area contributed by atoms with Crippen LogP contribution in [-0.4, -0.2) is 16.8 Å². The second kappa shape index (κ2) is 7.58. The first-order chi connectivity index (χ1) is 15.6. The highest BCUT2D eigenvalue weighted by atomic mass is 35.5. The number of hydrogen-bond acceptors (Lipinski definition) is 6. The third kappa shape index (κ3) is 3.26. The van der Waals surface area contributed by atoms with Crippen LogP contribution in [-0.2, 0) is 5.41 Å². The molecular formula is C24H17Cl2NO5S.